The zero-order valence-electron chi connectivity index (χ0n) is 16.9. The van der Waals surface area contributed by atoms with Gasteiger partial charge < -0.3 is 14.4 Å². The number of aliphatic hydroxyl groups is 1. The molecule has 6 heteroatoms. The molecule has 3 aliphatic rings. The molecule has 6 nitrogen and oxygen atoms in total. The summed E-state index contributed by atoms with van der Waals surface area (Å²) in [5.41, 5.74) is 4.17. The van der Waals surface area contributed by atoms with Gasteiger partial charge >= 0.3 is 5.97 Å². The summed E-state index contributed by atoms with van der Waals surface area (Å²) in [4.78, 5) is 30.7. The van der Waals surface area contributed by atoms with Gasteiger partial charge in [-0.15, -0.1) is 0 Å². The number of hydrogen-bond acceptors (Lipinski definition) is 5. The first-order chi connectivity index (χ1) is 13.9. The summed E-state index contributed by atoms with van der Waals surface area (Å²) in [6.07, 6.45) is 5.23. The van der Waals surface area contributed by atoms with Gasteiger partial charge in [-0.25, -0.2) is 4.98 Å². The van der Waals surface area contributed by atoms with Crippen LogP contribution in [0.25, 0.3) is 23.5 Å². The predicted octanol–water partition coefficient (Wildman–Crippen LogP) is 0.884. The first-order valence-electron chi connectivity index (χ1n) is 10.3. The minimum Gasteiger partial charge on any atom is -0.460 e. The van der Waals surface area contributed by atoms with Crippen LogP contribution in [-0.2, 0) is 34.5 Å². The average molecular weight is 392 g/mol. The predicted molar refractivity (Wildman–Crippen MR) is 109 cm³/mol. The molecule has 1 N–H and O–H groups in total. The van der Waals surface area contributed by atoms with Gasteiger partial charge in [0, 0.05) is 10.8 Å². The number of aliphatic hydroxyl groups excluding tert-OH is 1. The Labute approximate surface area is 168 Å². The minimum atomic E-state index is -0.823. The molecule has 2 atom stereocenters. The van der Waals surface area contributed by atoms with Crippen LogP contribution in [0.5, 0.6) is 0 Å². The summed E-state index contributed by atoms with van der Waals surface area (Å²) in [6.45, 7) is 6.36. The molecule has 0 saturated heterocycles. The van der Waals surface area contributed by atoms with E-state index < -0.39 is 11.5 Å². The van der Waals surface area contributed by atoms with Crippen LogP contribution < -0.4 is 16.1 Å². The molecule has 2 aliphatic heterocycles. The van der Waals surface area contributed by atoms with Crippen molar-refractivity contribution in [2.24, 2.45) is 0 Å². The van der Waals surface area contributed by atoms with E-state index in [0.717, 1.165) is 45.1 Å². The molecule has 2 aromatic heterocycles. The average Bonchev–Trinajstić information content (AvgIpc) is 3.08. The van der Waals surface area contributed by atoms with Crippen LogP contribution >= 0.6 is 0 Å². The van der Waals surface area contributed by atoms with Gasteiger partial charge in [0.2, 0.25) is 0 Å². The van der Waals surface area contributed by atoms with Crippen molar-refractivity contribution in [1.82, 2.24) is 9.55 Å². The summed E-state index contributed by atoms with van der Waals surface area (Å²) >= 11 is 0. The number of carbonyl (C=O) groups excluding carboxylic acids is 1. The smallest absolute Gasteiger partial charge is 0.316 e. The van der Waals surface area contributed by atoms with Gasteiger partial charge in [0.15, 0.2) is 0 Å². The maximum absolute atomic E-state index is 13.3. The number of ether oxygens (including phenoxy) is 1. The lowest BCUT2D eigenvalue weighted by Crippen LogP contribution is -2.42. The van der Waals surface area contributed by atoms with Gasteiger partial charge in [0.1, 0.15) is 6.61 Å². The first kappa shape index (κ1) is 18.3. The summed E-state index contributed by atoms with van der Waals surface area (Å²) in [6, 6.07) is 1.98. The molecular formula is C23H24N2O4. The van der Waals surface area contributed by atoms with Crippen LogP contribution in [-0.4, -0.2) is 26.7 Å². The van der Waals surface area contributed by atoms with E-state index in [1.54, 1.807) is 4.57 Å². The lowest BCUT2D eigenvalue weighted by molar-refractivity contribution is -0.153. The van der Waals surface area contributed by atoms with Gasteiger partial charge in [-0.05, 0) is 49.5 Å². The quantitative estimate of drug-likeness (QED) is 0.655. The molecule has 150 valence electrons. The van der Waals surface area contributed by atoms with Crippen LogP contribution in [0.2, 0.25) is 0 Å². The summed E-state index contributed by atoms with van der Waals surface area (Å²) < 4.78 is 7.12. The van der Waals surface area contributed by atoms with Crippen molar-refractivity contribution < 1.29 is 14.6 Å². The van der Waals surface area contributed by atoms with Gasteiger partial charge in [0.25, 0.3) is 5.56 Å². The molecule has 0 radical (unpaired) electrons. The number of rotatable bonds is 2. The second-order valence-corrected chi connectivity index (χ2v) is 8.32. The Kier molecular flexibility index (Phi) is 3.87. The zero-order chi connectivity index (χ0) is 20.5. The molecule has 4 heterocycles. The Balaban J connectivity index is 1.83. The number of esters is 1. The minimum absolute atomic E-state index is 0.0253. The van der Waals surface area contributed by atoms with Gasteiger partial charge in [0.05, 0.1) is 40.4 Å². The number of cyclic esters (lactones) is 1. The fraction of sp³-hybridized carbons (Fsp3) is 0.435. The van der Waals surface area contributed by atoms with Crippen LogP contribution in [0, 0.1) is 0 Å². The van der Waals surface area contributed by atoms with E-state index in [1.807, 2.05) is 32.1 Å². The van der Waals surface area contributed by atoms with E-state index in [9.17, 15) is 14.7 Å². The van der Waals surface area contributed by atoms with E-state index in [0.29, 0.717) is 24.9 Å². The van der Waals surface area contributed by atoms with Crippen molar-refractivity contribution >= 4 is 18.1 Å². The highest BCUT2D eigenvalue weighted by Crippen LogP contribution is 2.39. The molecule has 1 unspecified atom stereocenters. The Morgan fingerprint density at radius 1 is 1.31 bits per heavy atom. The largest absolute Gasteiger partial charge is 0.460 e. The first-order valence-corrected chi connectivity index (χ1v) is 10.3. The molecule has 0 bridgehead atoms. The summed E-state index contributed by atoms with van der Waals surface area (Å²) in [7, 11) is 0. The Morgan fingerprint density at radius 3 is 2.83 bits per heavy atom. The lowest BCUT2D eigenvalue weighted by atomic mass is 9.76. The number of fused-ring (bicyclic) bond motifs is 5. The van der Waals surface area contributed by atoms with Crippen molar-refractivity contribution in [3.8, 4) is 11.4 Å². The molecule has 0 fully saturated rings. The maximum atomic E-state index is 13.3. The highest BCUT2D eigenvalue weighted by atomic mass is 16.5. The normalized spacial score (nSPS) is 23.9. The third kappa shape index (κ3) is 2.35. The molecule has 0 amide bonds. The third-order valence-corrected chi connectivity index (χ3v) is 6.81. The van der Waals surface area contributed by atoms with Crippen molar-refractivity contribution in [2.75, 3.05) is 0 Å². The topological polar surface area (TPSA) is 81.4 Å². The number of aromatic nitrogens is 2. The SMILES string of the molecule is CCc1c2c(nc3c1=CC(O)CC=3)-c1cc3c(c(=O)n1C2)COC(=O)[C@]3(C)CC. The fourth-order valence-corrected chi connectivity index (χ4v) is 4.90. The Hall–Kier alpha value is -2.73. The fourth-order valence-electron chi connectivity index (χ4n) is 4.90. The van der Waals surface area contributed by atoms with Gasteiger partial charge in [-0.3, -0.25) is 9.59 Å². The third-order valence-electron chi connectivity index (χ3n) is 6.81. The number of hydrogen-bond donors (Lipinski definition) is 1. The Bertz CT molecular complexity index is 1260. The van der Waals surface area contributed by atoms with Crippen LogP contribution in [0.1, 0.15) is 55.9 Å². The second kappa shape index (κ2) is 6.13. The van der Waals surface area contributed by atoms with E-state index in [4.69, 9.17) is 9.72 Å². The molecular weight excluding hydrogens is 368 g/mol. The highest BCUT2D eigenvalue weighted by Gasteiger charge is 2.43. The molecule has 1 aliphatic carbocycles. The molecule has 0 spiro atoms. The second-order valence-electron chi connectivity index (χ2n) is 8.32. The Morgan fingerprint density at radius 2 is 2.10 bits per heavy atom. The molecule has 0 aromatic carbocycles. The van der Waals surface area contributed by atoms with Crippen LogP contribution in [0.3, 0.4) is 0 Å². The van der Waals surface area contributed by atoms with Crippen molar-refractivity contribution in [1.29, 1.82) is 0 Å². The molecule has 29 heavy (non-hydrogen) atoms. The lowest BCUT2D eigenvalue weighted by Gasteiger charge is -2.33. The van der Waals surface area contributed by atoms with E-state index in [2.05, 4.69) is 6.92 Å². The number of pyridine rings is 2. The van der Waals surface area contributed by atoms with E-state index in [-0.39, 0.29) is 18.1 Å². The molecule has 0 saturated carbocycles. The molecule has 5 rings (SSSR count). The monoisotopic (exact) mass is 392 g/mol. The number of carbonyl (C=O) groups is 1. The van der Waals surface area contributed by atoms with Crippen LogP contribution in [0.4, 0.5) is 0 Å². The van der Waals surface area contributed by atoms with Gasteiger partial charge in [-0.2, -0.15) is 0 Å². The van der Waals surface area contributed by atoms with Crippen LogP contribution in [0.15, 0.2) is 10.9 Å². The summed E-state index contributed by atoms with van der Waals surface area (Å²) in [5, 5.41) is 11.9. The number of nitrogens with zero attached hydrogens (tertiary/aromatic N) is 2. The molecule has 2 aromatic rings. The van der Waals surface area contributed by atoms with Gasteiger partial charge in [-0.1, -0.05) is 19.9 Å². The van der Waals surface area contributed by atoms with Crippen molar-refractivity contribution in [3.63, 3.8) is 0 Å². The summed E-state index contributed by atoms with van der Waals surface area (Å²) in [5.74, 6) is -0.278. The van der Waals surface area contributed by atoms with E-state index >= 15 is 0 Å². The van der Waals surface area contributed by atoms with Crippen molar-refractivity contribution in [2.45, 2.75) is 64.7 Å². The van der Waals surface area contributed by atoms with Crippen molar-refractivity contribution in [3.05, 3.63) is 49.2 Å². The highest BCUT2D eigenvalue weighted by molar-refractivity contribution is 5.85. The maximum Gasteiger partial charge on any atom is 0.316 e. The van der Waals surface area contributed by atoms with E-state index in [1.165, 1.54) is 0 Å². The standard InChI is InChI=1S/C23H24N2O4/c1-4-13-14-8-12(26)6-7-18(14)24-20-15(13)10-25-19(20)9-17-16(21(25)27)11-29-22(28)23(17,3)5-2/h7-9,12,26H,4-6,10-11H2,1-3H3/t12?,23-/m1/s1. The zero-order valence-corrected chi connectivity index (χ0v) is 16.9.